The highest BCUT2D eigenvalue weighted by Crippen LogP contribution is 2.27. The van der Waals surface area contributed by atoms with Crippen molar-refractivity contribution < 1.29 is 5.11 Å². The first-order valence-corrected chi connectivity index (χ1v) is 6.77. The van der Waals surface area contributed by atoms with Crippen LogP contribution in [0.3, 0.4) is 0 Å². The van der Waals surface area contributed by atoms with Crippen molar-refractivity contribution in [3.63, 3.8) is 0 Å². The summed E-state index contributed by atoms with van der Waals surface area (Å²) in [6.07, 6.45) is 0. The monoisotopic (exact) mass is 345 g/mol. The van der Waals surface area contributed by atoms with E-state index in [1.165, 1.54) is 0 Å². The number of halogens is 3. The van der Waals surface area contributed by atoms with Gasteiger partial charge < -0.3 is 10.4 Å². The summed E-state index contributed by atoms with van der Waals surface area (Å²) in [6.45, 7) is 0.613. The van der Waals surface area contributed by atoms with Crippen LogP contribution in [0.25, 0.3) is 0 Å². The van der Waals surface area contributed by atoms with Crippen molar-refractivity contribution in [1.82, 2.24) is 0 Å². The van der Waals surface area contributed by atoms with Gasteiger partial charge in [0.25, 0.3) is 0 Å². The van der Waals surface area contributed by atoms with Crippen molar-refractivity contribution in [2.75, 3.05) is 5.32 Å². The summed E-state index contributed by atoms with van der Waals surface area (Å²) in [7, 11) is 0. The number of hydrogen-bond donors (Lipinski definition) is 2. The number of nitrogens with one attached hydrogen (secondary N) is 1. The van der Waals surface area contributed by atoms with E-state index in [1.807, 2.05) is 18.2 Å². The van der Waals surface area contributed by atoms with Gasteiger partial charge in [0.05, 0.1) is 5.02 Å². The van der Waals surface area contributed by atoms with E-state index in [9.17, 15) is 5.11 Å². The van der Waals surface area contributed by atoms with Gasteiger partial charge in [0.1, 0.15) is 5.75 Å². The molecule has 2 rings (SSSR count). The van der Waals surface area contributed by atoms with Gasteiger partial charge in [-0.25, -0.2) is 0 Å². The lowest BCUT2D eigenvalue weighted by Gasteiger charge is -2.09. The zero-order valence-corrected chi connectivity index (χ0v) is 12.4. The van der Waals surface area contributed by atoms with E-state index in [1.54, 1.807) is 18.2 Å². The SMILES string of the molecule is Oc1ccc(NCc2cc(Cl)ccc2Br)cc1Cl. The number of anilines is 1. The Morgan fingerprint density at radius 1 is 1.11 bits per heavy atom. The number of phenols is 1. The zero-order valence-electron chi connectivity index (χ0n) is 9.25. The molecule has 2 aromatic carbocycles. The number of rotatable bonds is 3. The fourth-order valence-electron chi connectivity index (χ4n) is 1.49. The van der Waals surface area contributed by atoms with Gasteiger partial charge in [0.2, 0.25) is 0 Å². The smallest absolute Gasteiger partial charge is 0.134 e. The quantitative estimate of drug-likeness (QED) is 0.760. The Morgan fingerprint density at radius 3 is 2.61 bits per heavy atom. The van der Waals surface area contributed by atoms with Gasteiger partial charge in [-0.2, -0.15) is 0 Å². The molecule has 0 spiro atoms. The molecule has 0 saturated heterocycles. The average molecular weight is 347 g/mol. The molecule has 0 aliphatic carbocycles. The lowest BCUT2D eigenvalue weighted by atomic mass is 10.2. The second-order valence-corrected chi connectivity index (χ2v) is 5.45. The Morgan fingerprint density at radius 2 is 1.89 bits per heavy atom. The topological polar surface area (TPSA) is 32.3 Å². The van der Waals surface area contributed by atoms with Crippen LogP contribution in [0.1, 0.15) is 5.56 Å². The minimum absolute atomic E-state index is 0.0751. The molecular weight excluding hydrogens is 337 g/mol. The van der Waals surface area contributed by atoms with E-state index in [4.69, 9.17) is 23.2 Å². The molecule has 2 aromatic rings. The lowest BCUT2D eigenvalue weighted by molar-refractivity contribution is 0.475. The van der Waals surface area contributed by atoms with Crippen molar-refractivity contribution in [2.45, 2.75) is 6.54 Å². The normalized spacial score (nSPS) is 10.4. The molecule has 5 heteroatoms. The highest BCUT2D eigenvalue weighted by atomic mass is 79.9. The lowest BCUT2D eigenvalue weighted by Crippen LogP contribution is -2.00. The Labute approximate surface area is 124 Å². The standard InChI is InChI=1S/C13H10BrCl2NO/c14-11-3-1-9(15)5-8(11)7-17-10-2-4-13(18)12(16)6-10/h1-6,17-18H,7H2. The molecule has 0 atom stereocenters. The Hall–Kier alpha value is -0.900. The zero-order chi connectivity index (χ0) is 13.1. The third-order valence-corrected chi connectivity index (χ3v) is 3.75. The molecule has 0 radical (unpaired) electrons. The fourth-order valence-corrected chi connectivity index (χ4v) is 2.25. The third-order valence-electron chi connectivity index (χ3n) is 2.44. The predicted molar refractivity (Wildman–Crippen MR) is 79.6 cm³/mol. The molecular formula is C13H10BrCl2NO. The number of benzene rings is 2. The van der Waals surface area contributed by atoms with Gasteiger partial charge in [0, 0.05) is 21.7 Å². The van der Waals surface area contributed by atoms with Crippen molar-refractivity contribution >= 4 is 44.8 Å². The summed E-state index contributed by atoms with van der Waals surface area (Å²) < 4.78 is 0.990. The van der Waals surface area contributed by atoms with E-state index < -0.39 is 0 Å². The van der Waals surface area contributed by atoms with Gasteiger partial charge >= 0.3 is 0 Å². The molecule has 2 N–H and O–H groups in total. The molecule has 0 amide bonds. The number of aromatic hydroxyl groups is 1. The van der Waals surface area contributed by atoms with E-state index in [2.05, 4.69) is 21.2 Å². The van der Waals surface area contributed by atoms with Gasteiger partial charge in [0.15, 0.2) is 0 Å². The van der Waals surface area contributed by atoms with Crippen molar-refractivity contribution in [3.8, 4) is 5.75 Å². The molecule has 18 heavy (non-hydrogen) atoms. The van der Waals surface area contributed by atoms with E-state index in [0.717, 1.165) is 15.7 Å². The molecule has 0 aromatic heterocycles. The molecule has 2 nitrogen and oxygen atoms in total. The molecule has 0 unspecified atom stereocenters. The van der Waals surface area contributed by atoms with Crippen LogP contribution in [-0.2, 0) is 6.54 Å². The van der Waals surface area contributed by atoms with Crippen LogP contribution in [0, 0.1) is 0 Å². The molecule has 94 valence electrons. The minimum atomic E-state index is 0.0751. The van der Waals surface area contributed by atoms with E-state index in [0.29, 0.717) is 16.6 Å². The summed E-state index contributed by atoms with van der Waals surface area (Å²) in [6, 6.07) is 10.6. The van der Waals surface area contributed by atoms with Gasteiger partial charge in [-0.3, -0.25) is 0 Å². The Kier molecular flexibility index (Phi) is 4.38. The predicted octanol–water partition coefficient (Wildman–Crippen LogP) is 5.07. The Balaban J connectivity index is 2.11. The summed E-state index contributed by atoms with van der Waals surface area (Å²) in [5.41, 5.74) is 1.89. The van der Waals surface area contributed by atoms with Crippen LogP contribution >= 0.6 is 39.1 Å². The second kappa shape index (κ2) is 5.83. The van der Waals surface area contributed by atoms with Gasteiger partial charge in [-0.15, -0.1) is 0 Å². The first kappa shape index (κ1) is 13.5. The van der Waals surface area contributed by atoms with E-state index in [-0.39, 0.29) is 5.75 Å². The largest absolute Gasteiger partial charge is 0.506 e. The maximum atomic E-state index is 9.32. The highest BCUT2D eigenvalue weighted by molar-refractivity contribution is 9.10. The molecule has 0 heterocycles. The molecule has 0 saturated carbocycles. The van der Waals surface area contributed by atoms with Gasteiger partial charge in [-0.05, 0) is 42.0 Å². The molecule has 0 bridgehead atoms. The van der Waals surface area contributed by atoms with Crippen LogP contribution in [0.2, 0.25) is 10.0 Å². The average Bonchev–Trinajstić information content (AvgIpc) is 2.34. The second-order valence-electron chi connectivity index (χ2n) is 3.76. The van der Waals surface area contributed by atoms with Crippen LogP contribution in [-0.4, -0.2) is 5.11 Å². The van der Waals surface area contributed by atoms with E-state index >= 15 is 0 Å². The van der Waals surface area contributed by atoms with Crippen molar-refractivity contribution in [2.24, 2.45) is 0 Å². The van der Waals surface area contributed by atoms with Crippen molar-refractivity contribution in [1.29, 1.82) is 0 Å². The van der Waals surface area contributed by atoms with Crippen molar-refractivity contribution in [3.05, 3.63) is 56.5 Å². The maximum Gasteiger partial charge on any atom is 0.134 e. The Bertz CT molecular complexity index is 575. The summed E-state index contributed by atoms with van der Waals surface area (Å²) in [5.74, 6) is 0.0751. The van der Waals surface area contributed by atoms with Crippen LogP contribution in [0.5, 0.6) is 5.75 Å². The van der Waals surface area contributed by atoms with Crippen LogP contribution in [0.4, 0.5) is 5.69 Å². The summed E-state index contributed by atoms with van der Waals surface area (Å²) in [4.78, 5) is 0. The number of phenolic OH excluding ortho intramolecular Hbond substituents is 1. The highest BCUT2D eigenvalue weighted by Gasteiger charge is 2.03. The minimum Gasteiger partial charge on any atom is -0.506 e. The maximum absolute atomic E-state index is 9.32. The summed E-state index contributed by atoms with van der Waals surface area (Å²) >= 11 is 15.2. The number of hydrogen-bond acceptors (Lipinski definition) is 2. The first-order valence-electron chi connectivity index (χ1n) is 5.22. The van der Waals surface area contributed by atoms with Gasteiger partial charge in [-0.1, -0.05) is 39.1 Å². The van der Waals surface area contributed by atoms with Crippen LogP contribution in [0.15, 0.2) is 40.9 Å². The summed E-state index contributed by atoms with van der Waals surface area (Å²) in [5, 5.41) is 13.6. The molecule has 0 fully saturated rings. The molecule has 0 aliphatic heterocycles. The third kappa shape index (κ3) is 3.31. The van der Waals surface area contributed by atoms with Crippen LogP contribution < -0.4 is 5.32 Å². The fraction of sp³-hybridized carbons (Fsp3) is 0.0769. The first-order chi connectivity index (χ1) is 8.56. The molecule has 0 aliphatic rings.